The van der Waals surface area contributed by atoms with Gasteiger partial charge in [-0.15, -0.1) is 0 Å². The number of hydrogen-bond donors (Lipinski definition) is 2. The van der Waals surface area contributed by atoms with Crippen LogP contribution in [0.3, 0.4) is 0 Å². The fourth-order valence-corrected chi connectivity index (χ4v) is 3.94. The van der Waals surface area contributed by atoms with Crippen molar-refractivity contribution in [1.29, 1.82) is 0 Å². The van der Waals surface area contributed by atoms with Crippen LogP contribution >= 0.6 is 0 Å². The van der Waals surface area contributed by atoms with Crippen molar-refractivity contribution >= 4 is 11.8 Å². The van der Waals surface area contributed by atoms with Crippen molar-refractivity contribution in [2.24, 2.45) is 0 Å². The fourth-order valence-electron chi connectivity index (χ4n) is 3.94. The molecular weight excluding hydrogens is 492 g/mol. The Balaban J connectivity index is 1.43. The number of carbonyl (C=O) groups excluding carboxylic acids is 1. The Labute approximate surface area is 229 Å². The minimum atomic E-state index is -0.631. The van der Waals surface area contributed by atoms with Gasteiger partial charge in [0.1, 0.15) is 42.9 Å². The van der Waals surface area contributed by atoms with E-state index >= 15 is 0 Å². The molecule has 0 bridgehead atoms. The number of anilines is 1. The topological polar surface area (TPSA) is 94.6 Å². The molecule has 4 rings (SSSR count). The highest BCUT2D eigenvalue weighted by Crippen LogP contribution is 2.23. The quantitative estimate of drug-likeness (QED) is 0.177. The van der Waals surface area contributed by atoms with E-state index < -0.39 is 6.04 Å². The largest absolute Gasteiger partial charge is 0.492 e. The molecule has 0 spiro atoms. The molecule has 0 aliphatic carbocycles. The minimum absolute atomic E-state index is 0.290. The first kappa shape index (κ1) is 27.6. The molecule has 4 aromatic rings. The number of likely N-dealkylation sites (N-methyl/N-ethyl adjacent to an activating group) is 1. The smallest absolute Gasteiger partial charge is 0.328 e. The van der Waals surface area contributed by atoms with Crippen LogP contribution in [0.1, 0.15) is 18.1 Å². The van der Waals surface area contributed by atoms with E-state index in [2.05, 4.69) is 20.6 Å². The van der Waals surface area contributed by atoms with Gasteiger partial charge < -0.3 is 24.8 Å². The highest BCUT2D eigenvalue weighted by molar-refractivity contribution is 5.79. The number of aromatic nitrogens is 2. The molecule has 0 aliphatic rings. The maximum absolute atomic E-state index is 12.8. The molecule has 8 nitrogen and oxygen atoms in total. The van der Waals surface area contributed by atoms with Crippen LogP contribution in [0.25, 0.3) is 11.3 Å². The Morgan fingerprint density at radius 1 is 0.872 bits per heavy atom. The van der Waals surface area contributed by atoms with Crippen LogP contribution in [0.2, 0.25) is 0 Å². The van der Waals surface area contributed by atoms with Gasteiger partial charge in [0.25, 0.3) is 0 Å². The molecular formula is C31H34N4O4. The van der Waals surface area contributed by atoms with Crippen molar-refractivity contribution in [3.8, 4) is 22.8 Å². The summed E-state index contributed by atoms with van der Waals surface area (Å²) in [6.07, 6.45) is 1.89. The summed E-state index contributed by atoms with van der Waals surface area (Å²) >= 11 is 0. The first-order chi connectivity index (χ1) is 19.1. The number of hydrogen-bond acceptors (Lipinski definition) is 8. The van der Waals surface area contributed by atoms with Crippen molar-refractivity contribution in [3.63, 3.8) is 0 Å². The number of nitrogens with zero attached hydrogens (tertiary/aromatic N) is 2. The van der Waals surface area contributed by atoms with Gasteiger partial charge >= 0.3 is 5.97 Å². The van der Waals surface area contributed by atoms with Gasteiger partial charge in [0, 0.05) is 24.6 Å². The third-order valence-corrected chi connectivity index (χ3v) is 5.92. The summed E-state index contributed by atoms with van der Waals surface area (Å²) in [5.41, 5.74) is 3.69. The Morgan fingerprint density at radius 3 is 2.44 bits per heavy atom. The van der Waals surface area contributed by atoms with Gasteiger partial charge in [-0.3, -0.25) is 0 Å². The van der Waals surface area contributed by atoms with Crippen molar-refractivity contribution in [3.05, 3.63) is 102 Å². The Morgan fingerprint density at radius 2 is 1.67 bits per heavy atom. The molecule has 0 aliphatic heterocycles. The fraction of sp³-hybridized carbons (Fsp3) is 0.258. The minimum Gasteiger partial charge on any atom is -0.492 e. The lowest BCUT2D eigenvalue weighted by Gasteiger charge is -2.18. The predicted octanol–water partition coefficient (Wildman–Crippen LogP) is 4.91. The third kappa shape index (κ3) is 8.55. The van der Waals surface area contributed by atoms with E-state index in [1.54, 1.807) is 6.92 Å². The maximum Gasteiger partial charge on any atom is 0.328 e. The van der Waals surface area contributed by atoms with E-state index in [1.807, 2.05) is 92.0 Å². The second kappa shape index (κ2) is 14.5. The van der Waals surface area contributed by atoms with Crippen LogP contribution in [-0.2, 0) is 22.6 Å². The van der Waals surface area contributed by atoms with Gasteiger partial charge in [0.05, 0.1) is 12.3 Å². The van der Waals surface area contributed by atoms with Crippen molar-refractivity contribution < 1.29 is 19.0 Å². The molecule has 1 atom stereocenters. The Bertz CT molecular complexity index is 1320. The highest BCUT2D eigenvalue weighted by Gasteiger charge is 2.21. The summed E-state index contributed by atoms with van der Waals surface area (Å²) in [4.78, 5) is 21.6. The van der Waals surface area contributed by atoms with Gasteiger partial charge in [-0.25, -0.2) is 14.8 Å². The Hall–Kier alpha value is -4.43. The average Bonchev–Trinajstić information content (AvgIpc) is 2.97. The van der Waals surface area contributed by atoms with E-state index in [1.165, 1.54) is 6.33 Å². The highest BCUT2D eigenvalue weighted by atomic mass is 16.5. The monoisotopic (exact) mass is 526 g/mol. The average molecular weight is 527 g/mol. The molecule has 1 aromatic heterocycles. The number of carbonyl (C=O) groups is 1. The SMILES string of the molecule is CCOC(=O)[C@H](Cc1cccc(OCCNC)c1)Nc1cc(-c2ccc(OCc3ccccc3)cc2)ncn1. The first-order valence-electron chi connectivity index (χ1n) is 13.0. The zero-order valence-corrected chi connectivity index (χ0v) is 22.3. The summed E-state index contributed by atoms with van der Waals surface area (Å²) in [5, 5.41) is 6.30. The van der Waals surface area contributed by atoms with E-state index in [0.29, 0.717) is 25.5 Å². The summed E-state index contributed by atoms with van der Waals surface area (Å²) in [6.45, 7) is 3.89. The predicted molar refractivity (Wildman–Crippen MR) is 152 cm³/mol. The lowest BCUT2D eigenvalue weighted by Crippen LogP contribution is -2.34. The van der Waals surface area contributed by atoms with Crippen LogP contribution in [0.15, 0.2) is 91.3 Å². The molecule has 8 heteroatoms. The van der Waals surface area contributed by atoms with E-state index in [4.69, 9.17) is 14.2 Å². The second-order valence-electron chi connectivity index (χ2n) is 8.84. The van der Waals surface area contributed by atoms with Gasteiger partial charge in [-0.1, -0.05) is 42.5 Å². The van der Waals surface area contributed by atoms with Crippen LogP contribution in [0.4, 0.5) is 5.82 Å². The number of rotatable bonds is 14. The van der Waals surface area contributed by atoms with Gasteiger partial charge in [0.2, 0.25) is 0 Å². The standard InChI is InChI=1S/C31H34N4O4/c1-3-37-31(36)29(19-24-10-7-11-27(18-24)38-17-16-32-2)35-30-20-28(33-22-34-30)25-12-14-26(15-13-25)39-21-23-8-5-4-6-9-23/h4-15,18,20,22,29,32H,3,16-17,19,21H2,1-2H3,(H,33,34,35)/t29-/m0/s1. The maximum atomic E-state index is 12.8. The number of ether oxygens (including phenoxy) is 3. The Kier molecular flexibility index (Phi) is 10.3. The molecule has 39 heavy (non-hydrogen) atoms. The molecule has 1 heterocycles. The summed E-state index contributed by atoms with van der Waals surface area (Å²) < 4.78 is 17.0. The third-order valence-electron chi connectivity index (χ3n) is 5.92. The zero-order valence-electron chi connectivity index (χ0n) is 22.3. The lowest BCUT2D eigenvalue weighted by molar-refractivity contribution is -0.144. The molecule has 0 amide bonds. The van der Waals surface area contributed by atoms with Crippen molar-refractivity contribution in [2.45, 2.75) is 26.0 Å². The molecule has 0 radical (unpaired) electrons. The van der Waals surface area contributed by atoms with Crippen LogP contribution in [0, 0.1) is 0 Å². The van der Waals surface area contributed by atoms with Gasteiger partial charge in [-0.05, 0) is 61.5 Å². The van der Waals surface area contributed by atoms with E-state index in [-0.39, 0.29) is 12.6 Å². The first-order valence-corrected chi connectivity index (χ1v) is 13.0. The summed E-state index contributed by atoms with van der Waals surface area (Å²) in [5.74, 6) is 1.71. The second-order valence-corrected chi connectivity index (χ2v) is 8.84. The lowest BCUT2D eigenvalue weighted by atomic mass is 10.1. The van der Waals surface area contributed by atoms with Crippen molar-refractivity contribution in [2.75, 3.05) is 32.1 Å². The van der Waals surface area contributed by atoms with Crippen LogP contribution < -0.4 is 20.1 Å². The molecule has 0 saturated carbocycles. The van der Waals surface area contributed by atoms with E-state index in [0.717, 1.165) is 40.4 Å². The summed E-state index contributed by atoms with van der Waals surface area (Å²) in [7, 11) is 1.88. The molecule has 0 fully saturated rings. The van der Waals surface area contributed by atoms with Crippen LogP contribution in [-0.4, -0.2) is 48.8 Å². The normalized spacial score (nSPS) is 11.4. The molecule has 0 saturated heterocycles. The number of benzene rings is 3. The molecule has 0 unspecified atom stereocenters. The van der Waals surface area contributed by atoms with Crippen molar-refractivity contribution in [1.82, 2.24) is 15.3 Å². The van der Waals surface area contributed by atoms with E-state index in [9.17, 15) is 4.79 Å². The van der Waals surface area contributed by atoms with Gasteiger partial charge in [0.15, 0.2) is 0 Å². The zero-order chi connectivity index (χ0) is 27.3. The number of nitrogens with one attached hydrogen (secondary N) is 2. The number of esters is 1. The molecule has 3 aromatic carbocycles. The van der Waals surface area contributed by atoms with Crippen LogP contribution in [0.5, 0.6) is 11.5 Å². The van der Waals surface area contributed by atoms with Gasteiger partial charge in [-0.2, -0.15) is 0 Å². The molecule has 202 valence electrons. The molecule has 2 N–H and O–H groups in total. The summed E-state index contributed by atoms with van der Waals surface area (Å²) in [6, 6.07) is 26.7.